The molecule has 3 N–H and O–H groups in total. The van der Waals surface area contributed by atoms with E-state index in [1.807, 2.05) is 13.2 Å². The van der Waals surface area contributed by atoms with E-state index < -0.39 is 5.97 Å². The zero-order valence-electron chi connectivity index (χ0n) is 11.7. The Bertz CT molecular complexity index is 503. The van der Waals surface area contributed by atoms with Gasteiger partial charge in [-0.25, -0.2) is 9.78 Å². The van der Waals surface area contributed by atoms with Gasteiger partial charge in [-0.2, -0.15) is 11.8 Å². The molecule has 0 fully saturated rings. The summed E-state index contributed by atoms with van der Waals surface area (Å²) in [4.78, 5) is 15.9. The average Bonchev–Trinajstić information content (AvgIpc) is 2.86. The van der Waals surface area contributed by atoms with E-state index in [0.29, 0.717) is 5.82 Å². The summed E-state index contributed by atoms with van der Waals surface area (Å²) >= 11 is 1.55. The maximum absolute atomic E-state index is 11.4. The highest BCUT2D eigenvalue weighted by Gasteiger charge is 2.23. The summed E-state index contributed by atoms with van der Waals surface area (Å²) in [6, 6.07) is 1.68. The van der Waals surface area contributed by atoms with Gasteiger partial charge in [0.05, 0.1) is 6.61 Å². The van der Waals surface area contributed by atoms with Crippen molar-refractivity contribution in [1.29, 1.82) is 0 Å². The van der Waals surface area contributed by atoms with Gasteiger partial charge in [0.2, 0.25) is 0 Å². The number of aliphatic hydroxyl groups is 1. The van der Waals surface area contributed by atoms with Gasteiger partial charge in [-0.3, -0.25) is 0 Å². The first-order valence-corrected chi connectivity index (χ1v) is 8.02. The second-order valence-corrected chi connectivity index (χ2v) is 6.12. The average molecular weight is 296 g/mol. The van der Waals surface area contributed by atoms with E-state index in [4.69, 9.17) is 0 Å². The molecular formula is C14H20N2O3S. The maximum atomic E-state index is 11.4. The molecule has 0 saturated heterocycles. The number of carboxylic acid groups (broad SMARTS) is 1. The number of hydrogen-bond donors (Lipinski definition) is 3. The van der Waals surface area contributed by atoms with Gasteiger partial charge in [0.15, 0.2) is 0 Å². The Kier molecular flexibility index (Phi) is 4.88. The predicted octanol–water partition coefficient (Wildman–Crippen LogP) is 1.79. The molecule has 110 valence electrons. The van der Waals surface area contributed by atoms with Crippen LogP contribution in [0.1, 0.15) is 35.0 Å². The van der Waals surface area contributed by atoms with Gasteiger partial charge in [0, 0.05) is 17.0 Å². The topological polar surface area (TPSA) is 82.5 Å². The van der Waals surface area contributed by atoms with Crippen LogP contribution >= 0.6 is 11.8 Å². The third kappa shape index (κ3) is 3.07. The molecule has 0 amide bonds. The SMILES string of the molecule is CSC(CO)C(C)Nc1nc2c(cc1C(=O)O)CCC2. The van der Waals surface area contributed by atoms with E-state index in [1.54, 1.807) is 17.8 Å². The summed E-state index contributed by atoms with van der Waals surface area (Å²) in [6.07, 6.45) is 4.77. The van der Waals surface area contributed by atoms with Crippen molar-refractivity contribution in [1.82, 2.24) is 4.98 Å². The summed E-state index contributed by atoms with van der Waals surface area (Å²) < 4.78 is 0. The Balaban J connectivity index is 2.28. The summed E-state index contributed by atoms with van der Waals surface area (Å²) in [7, 11) is 0. The van der Waals surface area contributed by atoms with E-state index in [9.17, 15) is 15.0 Å². The zero-order chi connectivity index (χ0) is 14.7. The quantitative estimate of drug-likeness (QED) is 0.742. The number of aromatic nitrogens is 1. The summed E-state index contributed by atoms with van der Waals surface area (Å²) in [5.74, 6) is -0.551. The van der Waals surface area contributed by atoms with Crippen LogP contribution in [0.15, 0.2) is 6.07 Å². The number of aliphatic hydroxyl groups excluding tert-OH is 1. The lowest BCUT2D eigenvalue weighted by atomic mass is 10.1. The molecule has 0 aromatic carbocycles. The van der Waals surface area contributed by atoms with Crippen LogP contribution in [0, 0.1) is 0 Å². The molecule has 1 aliphatic carbocycles. The number of carbonyl (C=O) groups is 1. The predicted molar refractivity (Wildman–Crippen MR) is 80.7 cm³/mol. The monoisotopic (exact) mass is 296 g/mol. The maximum Gasteiger partial charge on any atom is 0.339 e. The van der Waals surface area contributed by atoms with E-state index in [1.165, 1.54) is 0 Å². The molecule has 1 aromatic heterocycles. The van der Waals surface area contributed by atoms with Crippen molar-refractivity contribution < 1.29 is 15.0 Å². The number of hydrogen-bond acceptors (Lipinski definition) is 5. The van der Waals surface area contributed by atoms with Crippen LogP contribution in [0.5, 0.6) is 0 Å². The standard InChI is InChI=1S/C14H20N2O3S/c1-8(12(7-17)20-2)15-13-10(14(18)19)6-9-4-3-5-11(9)16-13/h6,8,12,17H,3-5,7H2,1-2H3,(H,15,16)(H,18,19). The van der Waals surface area contributed by atoms with Crippen molar-refractivity contribution in [2.75, 3.05) is 18.2 Å². The first-order valence-electron chi connectivity index (χ1n) is 6.73. The van der Waals surface area contributed by atoms with Gasteiger partial charge >= 0.3 is 5.97 Å². The van der Waals surface area contributed by atoms with Crippen molar-refractivity contribution in [3.63, 3.8) is 0 Å². The van der Waals surface area contributed by atoms with Gasteiger partial charge in [-0.15, -0.1) is 0 Å². The number of aryl methyl sites for hydroxylation is 2. The molecule has 20 heavy (non-hydrogen) atoms. The Morgan fingerprint density at radius 3 is 2.90 bits per heavy atom. The highest BCUT2D eigenvalue weighted by Crippen LogP contribution is 2.26. The molecule has 0 radical (unpaired) electrons. The minimum atomic E-state index is -0.966. The normalized spacial score (nSPS) is 16.6. The molecule has 0 bridgehead atoms. The highest BCUT2D eigenvalue weighted by atomic mass is 32.2. The molecular weight excluding hydrogens is 276 g/mol. The summed E-state index contributed by atoms with van der Waals surface area (Å²) in [6.45, 7) is 1.97. The van der Waals surface area contributed by atoms with E-state index in [-0.39, 0.29) is 23.5 Å². The van der Waals surface area contributed by atoms with E-state index >= 15 is 0 Å². The number of anilines is 1. The van der Waals surface area contributed by atoms with Crippen LogP contribution in [-0.4, -0.2) is 45.3 Å². The molecule has 0 spiro atoms. The number of pyridine rings is 1. The molecule has 6 heteroatoms. The highest BCUT2D eigenvalue weighted by molar-refractivity contribution is 7.99. The van der Waals surface area contributed by atoms with Gasteiger partial charge < -0.3 is 15.5 Å². The summed E-state index contributed by atoms with van der Waals surface area (Å²) in [5, 5.41) is 21.8. The zero-order valence-corrected chi connectivity index (χ0v) is 12.5. The van der Waals surface area contributed by atoms with Crippen molar-refractivity contribution in [3.05, 3.63) is 22.9 Å². The molecule has 0 aliphatic heterocycles. The van der Waals surface area contributed by atoms with Crippen molar-refractivity contribution in [2.24, 2.45) is 0 Å². The van der Waals surface area contributed by atoms with Gasteiger partial charge in [-0.05, 0) is 44.1 Å². The first-order chi connectivity index (χ1) is 9.56. The molecule has 5 nitrogen and oxygen atoms in total. The number of aromatic carboxylic acids is 1. The van der Waals surface area contributed by atoms with Gasteiger partial charge in [0.1, 0.15) is 11.4 Å². The largest absolute Gasteiger partial charge is 0.478 e. The lowest BCUT2D eigenvalue weighted by Gasteiger charge is -2.23. The van der Waals surface area contributed by atoms with Crippen molar-refractivity contribution >= 4 is 23.5 Å². The Labute approximate surface area is 122 Å². The molecule has 1 heterocycles. The van der Waals surface area contributed by atoms with Crippen molar-refractivity contribution in [2.45, 2.75) is 37.5 Å². The second kappa shape index (κ2) is 6.45. The van der Waals surface area contributed by atoms with Crippen LogP contribution in [0.2, 0.25) is 0 Å². The van der Waals surface area contributed by atoms with Crippen molar-refractivity contribution in [3.8, 4) is 0 Å². The molecule has 2 rings (SSSR count). The molecule has 0 saturated carbocycles. The number of thioether (sulfide) groups is 1. The van der Waals surface area contributed by atoms with Crippen LogP contribution in [-0.2, 0) is 12.8 Å². The fraction of sp³-hybridized carbons (Fsp3) is 0.571. The summed E-state index contributed by atoms with van der Waals surface area (Å²) in [5.41, 5.74) is 2.26. The number of carboxylic acids is 1. The number of nitrogens with zero attached hydrogens (tertiary/aromatic N) is 1. The molecule has 1 aromatic rings. The Morgan fingerprint density at radius 2 is 2.30 bits per heavy atom. The first kappa shape index (κ1) is 15.1. The number of nitrogens with one attached hydrogen (secondary N) is 1. The third-order valence-electron chi connectivity index (χ3n) is 3.69. The van der Waals surface area contributed by atoms with Crippen LogP contribution in [0.3, 0.4) is 0 Å². The van der Waals surface area contributed by atoms with Gasteiger partial charge in [0.25, 0.3) is 0 Å². The van der Waals surface area contributed by atoms with Crippen LogP contribution in [0.4, 0.5) is 5.82 Å². The molecule has 2 unspecified atom stereocenters. The Hall–Kier alpha value is -1.27. The smallest absolute Gasteiger partial charge is 0.339 e. The van der Waals surface area contributed by atoms with E-state index in [0.717, 1.165) is 30.5 Å². The fourth-order valence-corrected chi connectivity index (χ4v) is 3.12. The second-order valence-electron chi connectivity index (χ2n) is 5.04. The molecule has 2 atom stereocenters. The lowest BCUT2D eigenvalue weighted by Crippen LogP contribution is -2.32. The molecule has 1 aliphatic rings. The Morgan fingerprint density at radius 1 is 1.55 bits per heavy atom. The lowest BCUT2D eigenvalue weighted by molar-refractivity contribution is 0.0697. The number of rotatable bonds is 6. The van der Waals surface area contributed by atoms with E-state index in [2.05, 4.69) is 10.3 Å². The third-order valence-corrected chi connectivity index (χ3v) is 4.85. The fourth-order valence-electron chi connectivity index (χ4n) is 2.49. The van der Waals surface area contributed by atoms with Crippen LogP contribution < -0.4 is 5.32 Å². The minimum Gasteiger partial charge on any atom is -0.478 e. The van der Waals surface area contributed by atoms with Crippen LogP contribution in [0.25, 0.3) is 0 Å². The number of fused-ring (bicyclic) bond motifs is 1. The van der Waals surface area contributed by atoms with Gasteiger partial charge in [-0.1, -0.05) is 0 Å². The minimum absolute atomic E-state index is 0.00620.